The number of hydrogen-bond donors (Lipinski definition) is 2. The van der Waals surface area contributed by atoms with Crippen LogP contribution in [0.5, 0.6) is 0 Å². The highest BCUT2D eigenvalue weighted by Gasteiger charge is 2.18. The van der Waals surface area contributed by atoms with Gasteiger partial charge >= 0.3 is 0 Å². The maximum atomic E-state index is 11.9. The number of rotatable bonds is 4. The number of fused-ring (bicyclic) bond motifs is 1. The van der Waals surface area contributed by atoms with Gasteiger partial charge in [-0.15, -0.1) is 11.6 Å². The number of benzene rings is 1. The molecule has 100 valence electrons. The zero-order valence-electron chi connectivity index (χ0n) is 9.75. The Hall–Kier alpha value is -1.69. The molecule has 0 spiro atoms. The molecular formula is C13H11ClO5. The summed E-state index contributed by atoms with van der Waals surface area (Å²) >= 11 is 5.46. The average molecular weight is 283 g/mol. The highest BCUT2D eigenvalue weighted by atomic mass is 35.5. The minimum Gasteiger partial charge on any atom is -0.463 e. The normalized spacial score (nSPS) is 14.3. The fraction of sp³-hybridized carbons (Fsp3) is 0.231. The second-order valence-electron chi connectivity index (χ2n) is 4.06. The molecule has 0 fully saturated rings. The predicted molar refractivity (Wildman–Crippen MR) is 69.6 cm³/mol. The van der Waals surface area contributed by atoms with Gasteiger partial charge < -0.3 is 14.6 Å². The van der Waals surface area contributed by atoms with Crippen molar-refractivity contribution in [3.8, 4) is 0 Å². The smallest absolute Gasteiger partial charge is 0.203 e. The molecule has 1 aromatic carbocycles. The first-order valence-electron chi connectivity index (χ1n) is 5.51. The van der Waals surface area contributed by atoms with E-state index < -0.39 is 17.6 Å². The molecule has 0 amide bonds. The molecule has 2 N–H and O–H groups in total. The number of aliphatic hydroxyl groups is 2. The molecule has 2 rings (SSSR count). The molecule has 2 atom stereocenters. The van der Waals surface area contributed by atoms with Crippen LogP contribution >= 0.6 is 11.6 Å². The quantitative estimate of drug-likeness (QED) is 0.651. The van der Waals surface area contributed by atoms with Crippen LogP contribution in [0.1, 0.15) is 22.0 Å². The van der Waals surface area contributed by atoms with Crippen molar-refractivity contribution in [3.63, 3.8) is 0 Å². The van der Waals surface area contributed by atoms with Gasteiger partial charge in [0.1, 0.15) is 18.0 Å². The van der Waals surface area contributed by atoms with Gasteiger partial charge in [-0.2, -0.15) is 0 Å². The number of carbonyl (C=O) groups excluding carboxylic acids is 1. The highest BCUT2D eigenvalue weighted by molar-refractivity contribution is 6.18. The lowest BCUT2D eigenvalue weighted by Crippen LogP contribution is -2.20. The molecule has 1 aromatic heterocycles. The van der Waals surface area contributed by atoms with Crippen LogP contribution in [0.3, 0.4) is 0 Å². The minimum atomic E-state index is -1.21. The second kappa shape index (κ2) is 5.52. The monoisotopic (exact) mass is 282 g/mol. The van der Waals surface area contributed by atoms with E-state index >= 15 is 0 Å². The number of alkyl halides is 1. The summed E-state index contributed by atoms with van der Waals surface area (Å²) in [6.45, 7) is 0. The Morgan fingerprint density at radius 2 is 2.11 bits per heavy atom. The Labute approximate surface area is 113 Å². The lowest BCUT2D eigenvalue weighted by atomic mass is 10.0. The second-order valence-corrected chi connectivity index (χ2v) is 4.37. The van der Waals surface area contributed by atoms with Crippen LogP contribution in [0.4, 0.5) is 0 Å². The van der Waals surface area contributed by atoms with Crippen molar-refractivity contribution in [2.24, 2.45) is 0 Å². The van der Waals surface area contributed by atoms with Crippen molar-refractivity contribution >= 4 is 28.9 Å². The third-order valence-corrected chi connectivity index (χ3v) is 3.13. The zero-order valence-corrected chi connectivity index (χ0v) is 10.5. The van der Waals surface area contributed by atoms with Crippen molar-refractivity contribution in [1.82, 2.24) is 0 Å². The van der Waals surface area contributed by atoms with Gasteiger partial charge in [0.2, 0.25) is 5.43 Å². The Morgan fingerprint density at radius 1 is 1.37 bits per heavy atom. The summed E-state index contributed by atoms with van der Waals surface area (Å²) in [7, 11) is 0. The van der Waals surface area contributed by atoms with Crippen LogP contribution in [0.25, 0.3) is 11.0 Å². The van der Waals surface area contributed by atoms with Crippen LogP contribution in [-0.2, 0) is 0 Å². The molecular weight excluding hydrogens is 272 g/mol. The summed E-state index contributed by atoms with van der Waals surface area (Å²) < 4.78 is 5.13. The molecule has 0 saturated heterocycles. The topological polar surface area (TPSA) is 87.7 Å². The predicted octanol–water partition coefficient (Wildman–Crippen LogP) is 1.24. The van der Waals surface area contributed by atoms with E-state index in [4.69, 9.17) is 16.0 Å². The number of aliphatic hydroxyl groups excluding tert-OH is 2. The van der Waals surface area contributed by atoms with Gasteiger partial charge in [-0.05, 0) is 17.7 Å². The zero-order chi connectivity index (χ0) is 14.0. The first-order valence-corrected chi connectivity index (χ1v) is 6.04. The summed E-state index contributed by atoms with van der Waals surface area (Å²) in [5.74, 6) is -0.137. The average Bonchev–Trinajstić information content (AvgIpc) is 2.46. The summed E-state index contributed by atoms with van der Waals surface area (Å²) in [5, 5.41) is 19.5. The van der Waals surface area contributed by atoms with E-state index in [1.165, 1.54) is 18.2 Å². The largest absolute Gasteiger partial charge is 0.463 e. The number of halogens is 1. The third kappa shape index (κ3) is 2.53. The van der Waals surface area contributed by atoms with Crippen LogP contribution in [-0.4, -0.2) is 28.5 Å². The third-order valence-electron chi connectivity index (χ3n) is 2.81. The first-order chi connectivity index (χ1) is 9.08. The lowest BCUT2D eigenvalue weighted by molar-refractivity contribution is 0.0328. The van der Waals surface area contributed by atoms with Crippen molar-refractivity contribution in [2.45, 2.75) is 12.2 Å². The van der Waals surface area contributed by atoms with Crippen molar-refractivity contribution in [1.29, 1.82) is 0 Å². The van der Waals surface area contributed by atoms with E-state index in [1.54, 1.807) is 0 Å². The Bertz CT molecular complexity index is 664. The minimum absolute atomic E-state index is 0.1000. The summed E-state index contributed by atoms with van der Waals surface area (Å²) in [6, 6.07) is 4.39. The first kappa shape index (κ1) is 13.7. The molecule has 2 aromatic rings. The molecule has 0 bridgehead atoms. The van der Waals surface area contributed by atoms with Gasteiger partial charge in [-0.25, -0.2) is 0 Å². The van der Waals surface area contributed by atoms with Gasteiger partial charge in [-0.1, -0.05) is 6.07 Å². The Balaban J connectivity index is 2.59. The van der Waals surface area contributed by atoms with E-state index in [0.29, 0.717) is 17.4 Å². The number of aldehydes is 1. The molecule has 5 nitrogen and oxygen atoms in total. The van der Waals surface area contributed by atoms with Crippen LogP contribution in [0.2, 0.25) is 0 Å². The molecule has 0 aliphatic carbocycles. The van der Waals surface area contributed by atoms with Crippen molar-refractivity contribution in [3.05, 3.63) is 45.8 Å². The Morgan fingerprint density at radius 3 is 2.74 bits per heavy atom. The number of carbonyl (C=O) groups is 1. The van der Waals surface area contributed by atoms with Crippen LogP contribution in [0, 0.1) is 0 Å². The van der Waals surface area contributed by atoms with E-state index in [0.717, 1.165) is 6.26 Å². The van der Waals surface area contributed by atoms with Crippen LogP contribution in [0.15, 0.2) is 33.7 Å². The van der Waals surface area contributed by atoms with Gasteiger partial charge in [0.15, 0.2) is 6.29 Å². The fourth-order valence-electron chi connectivity index (χ4n) is 1.74. The molecule has 2 unspecified atom stereocenters. The maximum Gasteiger partial charge on any atom is 0.203 e. The molecule has 0 aliphatic heterocycles. The lowest BCUT2D eigenvalue weighted by Gasteiger charge is -2.15. The summed E-state index contributed by atoms with van der Waals surface area (Å²) in [5.41, 5.74) is 0.0469. The number of hydrogen-bond acceptors (Lipinski definition) is 5. The standard InChI is InChI=1S/C13H11ClO5/c14-4-10(16)13(18)7-1-2-11-9(3-7)12(17)8(5-15)6-19-11/h1-3,5-6,10,13,16,18H,4H2. The summed E-state index contributed by atoms with van der Waals surface area (Å²) in [4.78, 5) is 22.6. The molecule has 19 heavy (non-hydrogen) atoms. The maximum absolute atomic E-state index is 11.9. The van der Waals surface area contributed by atoms with E-state index in [9.17, 15) is 19.8 Å². The molecule has 6 heteroatoms. The summed E-state index contributed by atoms with van der Waals surface area (Å²) in [6.07, 6.45) is -0.856. The highest BCUT2D eigenvalue weighted by Crippen LogP contribution is 2.21. The molecule has 0 radical (unpaired) electrons. The Kier molecular flexibility index (Phi) is 3.99. The fourth-order valence-corrected chi connectivity index (χ4v) is 1.90. The molecule has 1 heterocycles. The molecule has 0 aliphatic rings. The van der Waals surface area contributed by atoms with Crippen LogP contribution < -0.4 is 5.43 Å². The van der Waals surface area contributed by atoms with Crippen molar-refractivity contribution < 1.29 is 19.4 Å². The van der Waals surface area contributed by atoms with Gasteiger partial charge in [-0.3, -0.25) is 9.59 Å². The van der Waals surface area contributed by atoms with E-state index in [1.807, 2.05) is 0 Å². The SMILES string of the molecule is O=Cc1coc2ccc(C(O)C(O)CCl)cc2c1=O. The van der Waals surface area contributed by atoms with Crippen molar-refractivity contribution in [2.75, 3.05) is 5.88 Å². The van der Waals surface area contributed by atoms with E-state index in [2.05, 4.69) is 0 Å². The van der Waals surface area contributed by atoms with Gasteiger partial charge in [0.25, 0.3) is 0 Å². The van der Waals surface area contributed by atoms with Gasteiger partial charge in [0, 0.05) is 0 Å². The van der Waals surface area contributed by atoms with E-state index in [-0.39, 0.29) is 16.8 Å². The molecule has 0 saturated carbocycles. The van der Waals surface area contributed by atoms with Gasteiger partial charge in [0.05, 0.1) is 22.9 Å².